The van der Waals surface area contributed by atoms with E-state index in [1.165, 1.54) is 43.8 Å². The Morgan fingerprint density at radius 3 is 1.62 bits per heavy atom. The molecule has 0 heterocycles. The van der Waals surface area contributed by atoms with E-state index in [4.69, 9.17) is 0 Å². The van der Waals surface area contributed by atoms with E-state index >= 15 is 0 Å². The first-order valence-corrected chi connectivity index (χ1v) is 18.5. The van der Waals surface area contributed by atoms with Crippen LogP contribution in [0.2, 0.25) is 0 Å². The van der Waals surface area contributed by atoms with Crippen molar-refractivity contribution in [3.05, 3.63) is 212 Å². The standard InChI is InChI=1S/C51H42N2/c1-3-16-42(17-4-2)52(43-21-10-6-11-22-43)45-30-26-38(27-31-45)39-28-32-46(33-29-39)53(44-23-12-7-13-24-44)47-34-35-49-50(40-18-8-5-9-19-40)36-41-20-14-15-25-48(41)51(49)37-47/h3,5-37H,4H2,1-2H3/b16-3-,42-17+. The van der Waals surface area contributed by atoms with E-state index in [1.54, 1.807) is 0 Å². The summed E-state index contributed by atoms with van der Waals surface area (Å²) in [5.74, 6) is 0. The van der Waals surface area contributed by atoms with Gasteiger partial charge in [-0.25, -0.2) is 0 Å². The van der Waals surface area contributed by atoms with Crippen molar-refractivity contribution < 1.29 is 0 Å². The second kappa shape index (κ2) is 15.3. The second-order valence-electron chi connectivity index (χ2n) is 13.2. The number of nitrogens with zero attached hydrogens (tertiary/aromatic N) is 2. The van der Waals surface area contributed by atoms with Crippen molar-refractivity contribution >= 4 is 50.0 Å². The van der Waals surface area contributed by atoms with Crippen LogP contribution in [0.15, 0.2) is 212 Å². The number of hydrogen-bond acceptors (Lipinski definition) is 2. The van der Waals surface area contributed by atoms with Crippen LogP contribution < -0.4 is 9.80 Å². The molecule has 0 aromatic heterocycles. The Labute approximate surface area is 313 Å². The first-order chi connectivity index (χ1) is 26.2. The third kappa shape index (κ3) is 6.88. The number of rotatable bonds is 10. The SMILES string of the molecule is C/C=C\C(=C/CC)N(c1ccccc1)c1ccc(-c2ccc(N(c3ccccc3)c3ccc4c(-c5ccccc5)cc5ccccc5c4c3)cc2)cc1. The van der Waals surface area contributed by atoms with Gasteiger partial charge in [-0.15, -0.1) is 0 Å². The summed E-state index contributed by atoms with van der Waals surface area (Å²) in [6, 6.07) is 67.8. The van der Waals surface area contributed by atoms with Crippen LogP contribution in [-0.2, 0) is 0 Å². The topological polar surface area (TPSA) is 6.48 Å². The molecule has 53 heavy (non-hydrogen) atoms. The van der Waals surface area contributed by atoms with Gasteiger partial charge in [0.25, 0.3) is 0 Å². The highest BCUT2D eigenvalue weighted by atomic mass is 15.1. The summed E-state index contributed by atoms with van der Waals surface area (Å²) < 4.78 is 0. The highest BCUT2D eigenvalue weighted by Crippen LogP contribution is 2.41. The second-order valence-corrected chi connectivity index (χ2v) is 13.2. The molecule has 0 atom stereocenters. The maximum absolute atomic E-state index is 2.36. The molecule has 8 aromatic rings. The number of anilines is 5. The van der Waals surface area contributed by atoms with E-state index in [9.17, 15) is 0 Å². The summed E-state index contributed by atoms with van der Waals surface area (Å²) >= 11 is 0. The monoisotopic (exact) mass is 682 g/mol. The number of allylic oxidation sites excluding steroid dienone is 3. The Bertz CT molecular complexity index is 2520. The quantitative estimate of drug-likeness (QED) is 0.105. The van der Waals surface area contributed by atoms with Gasteiger partial charge in [-0.2, -0.15) is 0 Å². The number of fused-ring (bicyclic) bond motifs is 3. The van der Waals surface area contributed by atoms with Crippen LogP contribution in [0.25, 0.3) is 43.8 Å². The molecule has 2 heteroatoms. The van der Waals surface area contributed by atoms with Crippen molar-refractivity contribution in [2.75, 3.05) is 9.80 Å². The van der Waals surface area contributed by atoms with Crippen molar-refractivity contribution in [2.45, 2.75) is 20.3 Å². The molecule has 0 amide bonds. The van der Waals surface area contributed by atoms with Gasteiger partial charge >= 0.3 is 0 Å². The first kappa shape index (κ1) is 33.5. The van der Waals surface area contributed by atoms with Crippen molar-refractivity contribution in [3.8, 4) is 22.3 Å². The van der Waals surface area contributed by atoms with Gasteiger partial charge in [-0.05, 0) is 130 Å². The predicted molar refractivity (Wildman–Crippen MR) is 229 cm³/mol. The highest BCUT2D eigenvalue weighted by Gasteiger charge is 2.17. The molecule has 0 spiro atoms. The predicted octanol–water partition coefficient (Wildman–Crippen LogP) is 14.8. The summed E-state index contributed by atoms with van der Waals surface area (Å²) in [6.07, 6.45) is 7.52. The lowest BCUT2D eigenvalue weighted by Crippen LogP contribution is -2.15. The van der Waals surface area contributed by atoms with Gasteiger partial charge in [-0.3, -0.25) is 0 Å². The first-order valence-electron chi connectivity index (χ1n) is 18.5. The molecule has 0 aliphatic rings. The van der Waals surface area contributed by atoms with Gasteiger partial charge in [0.05, 0.1) is 0 Å². The van der Waals surface area contributed by atoms with Crippen LogP contribution in [0.3, 0.4) is 0 Å². The van der Waals surface area contributed by atoms with Gasteiger partial charge in [-0.1, -0.05) is 140 Å². The molecule has 0 aliphatic heterocycles. The minimum atomic E-state index is 0.956. The van der Waals surface area contributed by atoms with Gasteiger partial charge in [0.1, 0.15) is 0 Å². The average Bonchev–Trinajstić information content (AvgIpc) is 3.22. The van der Waals surface area contributed by atoms with E-state index < -0.39 is 0 Å². The van der Waals surface area contributed by atoms with Crippen LogP contribution in [0.5, 0.6) is 0 Å². The van der Waals surface area contributed by atoms with Crippen LogP contribution in [-0.4, -0.2) is 0 Å². The Kier molecular flexibility index (Phi) is 9.68. The Morgan fingerprint density at radius 1 is 0.453 bits per heavy atom. The van der Waals surface area contributed by atoms with Crippen LogP contribution >= 0.6 is 0 Å². The summed E-state index contributed by atoms with van der Waals surface area (Å²) in [6.45, 7) is 4.25. The number of hydrogen-bond donors (Lipinski definition) is 0. The van der Waals surface area contributed by atoms with Gasteiger partial charge in [0.15, 0.2) is 0 Å². The Hall–Kier alpha value is -6.64. The lowest BCUT2D eigenvalue weighted by Gasteiger charge is -2.27. The molecule has 8 aromatic carbocycles. The molecule has 0 aliphatic carbocycles. The van der Waals surface area contributed by atoms with Gasteiger partial charge in [0, 0.05) is 34.1 Å². The van der Waals surface area contributed by atoms with Crippen LogP contribution in [0.1, 0.15) is 20.3 Å². The molecule has 8 rings (SSSR count). The molecule has 0 bridgehead atoms. The zero-order valence-electron chi connectivity index (χ0n) is 30.2. The molecule has 2 nitrogen and oxygen atoms in total. The summed E-state index contributed by atoms with van der Waals surface area (Å²) in [5.41, 5.74) is 11.6. The fraction of sp³-hybridized carbons (Fsp3) is 0.0588. The minimum Gasteiger partial charge on any atom is -0.311 e. The zero-order valence-corrected chi connectivity index (χ0v) is 30.2. The Morgan fingerprint density at radius 2 is 0.981 bits per heavy atom. The average molecular weight is 683 g/mol. The molecular weight excluding hydrogens is 641 g/mol. The third-order valence-corrected chi connectivity index (χ3v) is 9.81. The smallest absolute Gasteiger partial charge is 0.0468 e. The van der Waals surface area contributed by atoms with E-state index in [2.05, 4.69) is 230 Å². The molecule has 0 radical (unpaired) electrons. The van der Waals surface area contributed by atoms with E-state index in [1.807, 2.05) is 0 Å². The molecule has 0 saturated heterocycles. The van der Waals surface area contributed by atoms with E-state index in [-0.39, 0.29) is 0 Å². The third-order valence-electron chi connectivity index (χ3n) is 9.81. The molecule has 0 fully saturated rings. The van der Waals surface area contributed by atoms with Crippen molar-refractivity contribution in [2.24, 2.45) is 0 Å². The molecule has 256 valence electrons. The maximum Gasteiger partial charge on any atom is 0.0468 e. The fourth-order valence-corrected chi connectivity index (χ4v) is 7.36. The largest absolute Gasteiger partial charge is 0.311 e. The maximum atomic E-state index is 2.36. The molecular formula is C51H42N2. The zero-order chi connectivity index (χ0) is 36.0. The normalized spacial score (nSPS) is 11.7. The highest BCUT2D eigenvalue weighted by molar-refractivity contribution is 6.15. The van der Waals surface area contributed by atoms with Crippen LogP contribution in [0.4, 0.5) is 28.4 Å². The van der Waals surface area contributed by atoms with Gasteiger partial charge in [0.2, 0.25) is 0 Å². The van der Waals surface area contributed by atoms with Gasteiger partial charge < -0.3 is 9.80 Å². The molecule has 0 unspecified atom stereocenters. The van der Waals surface area contributed by atoms with E-state index in [0.717, 1.165) is 40.6 Å². The fourth-order valence-electron chi connectivity index (χ4n) is 7.36. The molecule has 0 saturated carbocycles. The Balaban J connectivity index is 1.17. The lowest BCUT2D eigenvalue weighted by molar-refractivity contribution is 1.13. The summed E-state index contributed by atoms with van der Waals surface area (Å²) in [5, 5.41) is 4.99. The summed E-state index contributed by atoms with van der Waals surface area (Å²) in [4.78, 5) is 4.68. The molecule has 0 N–H and O–H groups in total. The van der Waals surface area contributed by atoms with Crippen molar-refractivity contribution in [3.63, 3.8) is 0 Å². The van der Waals surface area contributed by atoms with Crippen LogP contribution in [0, 0.1) is 0 Å². The minimum absolute atomic E-state index is 0.956. The van der Waals surface area contributed by atoms with Crippen molar-refractivity contribution in [1.29, 1.82) is 0 Å². The summed E-state index contributed by atoms with van der Waals surface area (Å²) in [7, 11) is 0. The number of benzene rings is 8. The van der Waals surface area contributed by atoms with Crippen molar-refractivity contribution in [1.82, 2.24) is 0 Å². The lowest BCUT2D eigenvalue weighted by atomic mass is 9.93. The number of para-hydroxylation sites is 2. The van der Waals surface area contributed by atoms with E-state index in [0.29, 0.717) is 0 Å².